The number of furan rings is 1. The summed E-state index contributed by atoms with van der Waals surface area (Å²) < 4.78 is 6.41. The van der Waals surface area contributed by atoms with Crippen LogP contribution in [-0.4, -0.2) is 4.98 Å². The van der Waals surface area contributed by atoms with Gasteiger partial charge in [-0.15, -0.1) is 0 Å². The Morgan fingerprint density at radius 2 is 1.34 bits per heavy atom. The first-order chi connectivity index (χ1) is 17.3. The molecule has 162 valence electrons. The second-order valence-electron chi connectivity index (χ2n) is 8.72. The van der Waals surface area contributed by atoms with Crippen LogP contribution in [0.1, 0.15) is 5.56 Å². The van der Waals surface area contributed by atoms with Gasteiger partial charge in [0.2, 0.25) is 0 Å². The predicted octanol–water partition coefficient (Wildman–Crippen LogP) is 8.49. The number of aromatic nitrogens is 1. The maximum atomic E-state index is 9.21. The highest BCUT2D eigenvalue weighted by atomic mass is 16.3. The molecule has 0 unspecified atom stereocenters. The minimum Gasteiger partial charge on any atom is -0.456 e. The Kier molecular flexibility index (Phi) is 4.21. The summed E-state index contributed by atoms with van der Waals surface area (Å²) in [5, 5.41) is 16.3. The van der Waals surface area contributed by atoms with E-state index in [9.17, 15) is 5.26 Å². The number of nitriles is 1. The molecule has 5 aromatic carbocycles. The van der Waals surface area contributed by atoms with E-state index in [-0.39, 0.29) is 0 Å². The summed E-state index contributed by atoms with van der Waals surface area (Å²) in [5.41, 5.74) is 6.40. The molecule has 0 aliphatic rings. The molecule has 0 saturated carbocycles. The molecule has 3 heteroatoms. The quantitative estimate of drug-likeness (QED) is 0.267. The summed E-state index contributed by atoms with van der Waals surface area (Å²) in [7, 11) is 0. The number of hydrogen-bond acceptors (Lipinski definition) is 3. The molecule has 7 rings (SSSR count). The molecule has 0 bridgehead atoms. The average molecular weight is 447 g/mol. The fraction of sp³-hybridized carbons (Fsp3) is 0. The van der Waals surface area contributed by atoms with E-state index in [2.05, 4.69) is 102 Å². The molecule has 0 atom stereocenters. The van der Waals surface area contributed by atoms with Crippen molar-refractivity contribution in [2.75, 3.05) is 0 Å². The van der Waals surface area contributed by atoms with Crippen molar-refractivity contribution in [3.05, 3.63) is 115 Å². The van der Waals surface area contributed by atoms with Gasteiger partial charge in [-0.1, -0.05) is 78.9 Å². The van der Waals surface area contributed by atoms with Crippen LogP contribution >= 0.6 is 0 Å². The van der Waals surface area contributed by atoms with Crippen LogP contribution in [0.2, 0.25) is 0 Å². The lowest BCUT2D eigenvalue weighted by molar-refractivity contribution is 0.669. The van der Waals surface area contributed by atoms with Gasteiger partial charge in [-0.05, 0) is 56.9 Å². The van der Waals surface area contributed by atoms with E-state index in [1.165, 1.54) is 26.9 Å². The second kappa shape index (κ2) is 7.55. The fourth-order valence-corrected chi connectivity index (χ4v) is 5.12. The second-order valence-corrected chi connectivity index (χ2v) is 8.72. The van der Waals surface area contributed by atoms with Crippen LogP contribution in [0.15, 0.2) is 114 Å². The van der Waals surface area contributed by atoms with Crippen molar-refractivity contribution in [2.24, 2.45) is 0 Å². The van der Waals surface area contributed by atoms with Gasteiger partial charge in [0.25, 0.3) is 0 Å². The van der Waals surface area contributed by atoms with Gasteiger partial charge in [0.1, 0.15) is 11.2 Å². The zero-order valence-corrected chi connectivity index (χ0v) is 18.7. The van der Waals surface area contributed by atoms with E-state index in [0.29, 0.717) is 5.56 Å². The number of fused-ring (bicyclic) bond motifs is 7. The Hall–Kier alpha value is -4.94. The van der Waals surface area contributed by atoms with Gasteiger partial charge in [0.05, 0.1) is 17.3 Å². The normalized spacial score (nSPS) is 11.4. The maximum Gasteiger partial charge on any atom is 0.136 e. The lowest BCUT2D eigenvalue weighted by Crippen LogP contribution is -1.87. The molecule has 0 N–H and O–H groups in total. The summed E-state index contributed by atoms with van der Waals surface area (Å²) in [6, 6.07) is 37.4. The first kappa shape index (κ1) is 19.5. The molecule has 7 aromatic rings. The maximum absolute atomic E-state index is 9.21. The van der Waals surface area contributed by atoms with Crippen molar-refractivity contribution in [3.8, 4) is 28.5 Å². The predicted molar refractivity (Wildman–Crippen MR) is 142 cm³/mol. The van der Waals surface area contributed by atoms with E-state index >= 15 is 0 Å². The number of rotatable bonds is 2. The zero-order valence-electron chi connectivity index (χ0n) is 18.7. The standard InChI is InChI=1S/C32H18N2O/c33-19-20-15-16-34-28(17-20)23-11-9-22(10-12-23)27-18-30-32(26-8-4-3-7-25(26)27)31-24-6-2-1-5-21(24)13-14-29(31)35-30/h1-18H. The van der Waals surface area contributed by atoms with Gasteiger partial charge < -0.3 is 4.42 Å². The van der Waals surface area contributed by atoms with E-state index in [4.69, 9.17) is 4.42 Å². The molecule has 35 heavy (non-hydrogen) atoms. The molecule has 0 aliphatic heterocycles. The van der Waals surface area contributed by atoms with E-state index in [1.54, 1.807) is 12.3 Å². The van der Waals surface area contributed by atoms with Gasteiger partial charge in [0, 0.05) is 22.5 Å². The number of nitrogens with zero attached hydrogens (tertiary/aromatic N) is 2. The monoisotopic (exact) mass is 446 g/mol. The van der Waals surface area contributed by atoms with Gasteiger partial charge in [-0.3, -0.25) is 4.98 Å². The summed E-state index contributed by atoms with van der Waals surface area (Å²) in [6.45, 7) is 0. The average Bonchev–Trinajstić information content (AvgIpc) is 3.32. The van der Waals surface area contributed by atoms with Crippen molar-refractivity contribution >= 4 is 43.5 Å². The van der Waals surface area contributed by atoms with Crippen LogP contribution in [0.5, 0.6) is 0 Å². The molecule has 3 nitrogen and oxygen atoms in total. The van der Waals surface area contributed by atoms with Gasteiger partial charge >= 0.3 is 0 Å². The molecular weight excluding hydrogens is 428 g/mol. The molecule has 0 radical (unpaired) electrons. The Morgan fingerprint density at radius 3 is 2.17 bits per heavy atom. The summed E-state index contributed by atoms with van der Waals surface area (Å²) >= 11 is 0. The van der Waals surface area contributed by atoms with Crippen LogP contribution < -0.4 is 0 Å². The zero-order chi connectivity index (χ0) is 23.4. The van der Waals surface area contributed by atoms with Crippen molar-refractivity contribution in [2.45, 2.75) is 0 Å². The van der Waals surface area contributed by atoms with E-state index in [0.717, 1.165) is 38.9 Å². The largest absolute Gasteiger partial charge is 0.456 e. The van der Waals surface area contributed by atoms with Crippen LogP contribution in [0.4, 0.5) is 0 Å². The van der Waals surface area contributed by atoms with Crippen LogP contribution in [0.3, 0.4) is 0 Å². The van der Waals surface area contributed by atoms with Gasteiger partial charge in [0.15, 0.2) is 0 Å². The van der Waals surface area contributed by atoms with Crippen molar-refractivity contribution < 1.29 is 4.42 Å². The van der Waals surface area contributed by atoms with Crippen LogP contribution in [-0.2, 0) is 0 Å². The number of benzene rings is 5. The topological polar surface area (TPSA) is 49.8 Å². The van der Waals surface area contributed by atoms with Crippen LogP contribution in [0.25, 0.3) is 65.9 Å². The third kappa shape index (κ3) is 3.01. The van der Waals surface area contributed by atoms with Crippen molar-refractivity contribution in [1.82, 2.24) is 4.98 Å². The first-order valence-electron chi connectivity index (χ1n) is 11.5. The third-order valence-corrected chi connectivity index (χ3v) is 6.75. The molecular formula is C32H18N2O. The smallest absolute Gasteiger partial charge is 0.136 e. The van der Waals surface area contributed by atoms with Gasteiger partial charge in [-0.2, -0.15) is 5.26 Å². The minimum absolute atomic E-state index is 0.605. The Bertz CT molecular complexity index is 1960. The lowest BCUT2D eigenvalue weighted by Gasteiger charge is -2.10. The SMILES string of the molecule is N#Cc1ccnc(-c2ccc(-c3cc4oc5ccc6ccccc6c5c4c4ccccc34)cc2)c1. The highest BCUT2D eigenvalue weighted by Crippen LogP contribution is 2.42. The van der Waals surface area contributed by atoms with Gasteiger partial charge in [-0.25, -0.2) is 0 Å². The third-order valence-electron chi connectivity index (χ3n) is 6.75. The van der Waals surface area contributed by atoms with Crippen molar-refractivity contribution in [3.63, 3.8) is 0 Å². The fourth-order valence-electron chi connectivity index (χ4n) is 5.12. The summed E-state index contributed by atoms with van der Waals surface area (Å²) in [5.74, 6) is 0. The molecule has 2 aromatic heterocycles. The minimum atomic E-state index is 0.605. The molecule has 0 saturated heterocycles. The molecule has 0 amide bonds. The van der Waals surface area contributed by atoms with Crippen molar-refractivity contribution in [1.29, 1.82) is 5.26 Å². The van der Waals surface area contributed by atoms with E-state index < -0.39 is 0 Å². The number of pyridine rings is 1. The first-order valence-corrected chi connectivity index (χ1v) is 11.5. The molecule has 0 aliphatic carbocycles. The Morgan fingerprint density at radius 1 is 0.629 bits per heavy atom. The summed E-state index contributed by atoms with van der Waals surface area (Å²) in [4.78, 5) is 4.43. The van der Waals surface area contributed by atoms with Crippen LogP contribution in [0, 0.1) is 11.3 Å². The highest BCUT2D eigenvalue weighted by Gasteiger charge is 2.16. The van der Waals surface area contributed by atoms with E-state index in [1.807, 2.05) is 6.07 Å². The molecule has 2 heterocycles. The number of hydrogen-bond donors (Lipinski definition) is 0. The highest BCUT2D eigenvalue weighted by molar-refractivity contribution is 6.28. The lowest BCUT2D eigenvalue weighted by atomic mass is 9.93. The molecule has 0 spiro atoms. The summed E-state index contributed by atoms with van der Waals surface area (Å²) in [6.07, 6.45) is 1.68. The molecule has 0 fully saturated rings. The Balaban J connectivity index is 1.47. The Labute approximate surface area is 201 Å².